The standard InChI is InChI=1S/C15H27BN2O4/c1-10(19)8-13-6-7-14(16(21)22-13)18-15(20)9-11-2-4-12(17)5-3-11/h11-14,21H,2-9,17H2,1H3,(H,18,20)/t11?,12?,13-,14-/m0/s1. The average molecular weight is 310 g/mol. The second-order valence-corrected chi connectivity index (χ2v) is 6.79. The molecule has 1 amide bonds. The fraction of sp³-hybridized carbons (Fsp3) is 0.867. The molecule has 1 aliphatic heterocycles. The minimum atomic E-state index is -1.03. The maximum absolute atomic E-state index is 12.1. The normalized spacial score (nSPS) is 32.6. The van der Waals surface area contributed by atoms with Crippen LogP contribution in [0.4, 0.5) is 0 Å². The predicted octanol–water partition coefficient (Wildman–Crippen LogP) is 0.557. The van der Waals surface area contributed by atoms with E-state index in [2.05, 4.69) is 5.32 Å². The van der Waals surface area contributed by atoms with Gasteiger partial charge in [0.25, 0.3) is 0 Å². The van der Waals surface area contributed by atoms with Crippen LogP contribution in [0.2, 0.25) is 0 Å². The van der Waals surface area contributed by atoms with Crippen LogP contribution in [0.25, 0.3) is 0 Å². The van der Waals surface area contributed by atoms with Crippen LogP contribution in [0.3, 0.4) is 0 Å². The van der Waals surface area contributed by atoms with Gasteiger partial charge in [-0.1, -0.05) is 0 Å². The van der Waals surface area contributed by atoms with Gasteiger partial charge >= 0.3 is 7.12 Å². The summed E-state index contributed by atoms with van der Waals surface area (Å²) >= 11 is 0. The van der Waals surface area contributed by atoms with Gasteiger partial charge in [-0.25, -0.2) is 0 Å². The Bertz CT molecular complexity index is 399. The number of nitrogens with two attached hydrogens (primary N) is 1. The zero-order chi connectivity index (χ0) is 16.1. The Hall–Kier alpha value is -0.915. The van der Waals surface area contributed by atoms with E-state index in [4.69, 9.17) is 10.4 Å². The molecule has 1 saturated heterocycles. The summed E-state index contributed by atoms with van der Waals surface area (Å²) in [6, 6.07) is 0.283. The molecule has 1 aliphatic carbocycles. The fourth-order valence-corrected chi connectivity index (χ4v) is 3.40. The van der Waals surface area contributed by atoms with Crippen molar-refractivity contribution in [1.29, 1.82) is 0 Å². The molecular formula is C15H27BN2O4. The number of carbonyl (C=O) groups excluding carboxylic acids is 2. The summed E-state index contributed by atoms with van der Waals surface area (Å²) in [6.45, 7) is 1.51. The number of rotatable bonds is 5. The summed E-state index contributed by atoms with van der Waals surface area (Å²) in [5, 5.41) is 12.8. The first-order valence-corrected chi connectivity index (χ1v) is 8.32. The van der Waals surface area contributed by atoms with Crippen LogP contribution in [-0.4, -0.2) is 41.9 Å². The molecule has 4 N–H and O–H groups in total. The summed E-state index contributed by atoms with van der Waals surface area (Å²) in [6.07, 6.45) is 5.87. The van der Waals surface area contributed by atoms with Gasteiger partial charge in [-0.2, -0.15) is 0 Å². The highest BCUT2D eigenvalue weighted by Gasteiger charge is 2.36. The van der Waals surface area contributed by atoms with Crippen molar-refractivity contribution in [1.82, 2.24) is 5.32 Å². The molecule has 0 aromatic heterocycles. The van der Waals surface area contributed by atoms with Crippen molar-refractivity contribution in [3.8, 4) is 0 Å². The molecular weight excluding hydrogens is 283 g/mol. The number of carbonyl (C=O) groups is 2. The Labute approximate surface area is 132 Å². The highest BCUT2D eigenvalue weighted by Crippen LogP contribution is 2.26. The third-order valence-corrected chi connectivity index (χ3v) is 4.70. The highest BCUT2D eigenvalue weighted by atomic mass is 16.5. The largest absolute Gasteiger partial charge is 0.478 e. The molecule has 6 nitrogen and oxygen atoms in total. The van der Waals surface area contributed by atoms with Gasteiger partial charge in [-0.15, -0.1) is 0 Å². The van der Waals surface area contributed by atoms with Crippen molar-refractivity contribution < 1.29 is 19.3 Å². The van der Waals surface area contributed by atoms with Crippen LogP contribution < -0.4 is 11.1 Å². The summed E-state index contributed by atoms with van der Waals surface area (Å²) < 4.78 is 5.42. The van der Waals surface area contributed by atoms with Crippen LogP contribution in [0.15, 0.2) is 0 Å². The van der Waals surface area contributed by atoms with Gasteiger partial charge < -0.3 is 20.7 Å². The number of hydrogen-bond acceptors (Lipinski definition) is 5. The maximum Gasteiger partial charge on any atom is 0.478 e. The molecule has 0 spiro atoms. The van der Waals surface area contributed by atoms with Gasteiger partial charge in [0.1, 0.15) is 5.78 Å². The molecule has 0 bridgehead atoms. The monoisotopic (exact) mass is 310 g/mol. The Morgan fingerprint density at radius 1 is 1.18 bits per heavy atom. The van der Waals surface area contributed by atoms with E-state index in [1.807, 2.05) is 0 Å². The smallest absolute Gasteiger partial charge is 0.426 e. The molecule has 2 rings (SSSR count). The first kappa shape index (κ1) is 17.4. The lowest BCUT2D eigenvalue weighted by atomic mass is 9.72. The lowest BCUT2D eigenvalue weighted by Gasteiger charge is -2.32. The van der Waals surface area contributed by atoms with E-state index in [1.165, 1.54) is 6.92 Å². The van der Waals surface area contributed by atoms with E-state index in [-0.39, 0.29) is 29.8 Å². The fourth-order valence-electron chi connectivity index (χ4n) is 3.40. The molecule has 7 heteroatoms. The molecule has 0 unspecified atom stereocenters. The van der Waals surface area contributed by atoms with Gasteiger partial charge in [0, 0.05) is 25.0 Å². The summed E-state index contributed by atoms with van der Waals surface area (Å²) in [5.41, 5.74) is 5.87. The SMILES string of the molecule is CC(=O)C[C@@H]1CC[C@H](NC(=O)CC2CCC(N)CC2)B(O)O1. The number of amides is 1. The molecule has 1 heterocycles. The molecule has 0 radical (unpaired) electrons. The van der Waals surface area contributed by atoms with Gasteiger partial charge in [0.2, 0.25) is 5.91 Å². The van der Waals surface area contributed by atoms with Crippen LogP contribution in [0, 0.1) is 5.92 Å². The van der Waals surface area contributed by atoms with Gasteiger partial charge in [0.15, 0.2) is 0 Å². The third-order valence-electron chi connectivity index (χ3n) is 4.70. The zero-order valence-electron chi connectivity index (χ0n) is 13.3. The maximum atomic E-state index is 12.1. The topological polar surface area (TPSA) is 102 Å². The minimum absolute atomic E-state index is 0.0295. The van der Waals surface area contributed by atoms with E-state index in [1.54, 1.807) is 0 Å². The minimum Gasteiger partial charge on any atom is -0.426 e. The Morgan fingerprint density at radius 2 is 1.86 bits per heavy atom. The van der Waals surface area contributed by atoms with Crippen LogP contribution in [0.5, 0.6) is 0 Å². The molecule has 2 fully saturated rings. The van der Waals surface area contributed by atoms with E-state index in [9.17, 15) is 14.6 Å². The van der Waals surface area contributed by atoms with E-state index in [0.29, 0.717) is 31.6 Å². The van der Waals surface area contributed by atoms with Crippen molar-refractivity contribution in [2.45, 2.75) is 76.4 Å². The van der Waals surface area contributed by atoms with Crippen LogP contribution >= 0.6 is 0 Å². The van der Waals surface area contributed by atoms with Gasteiger partial charge in [-0.05, 0) is 51.4 Å². The Balaban J connectivity index is 1.72. The molecule has 124 valence electrons. The third kappa shape index (κ3) is 5.37. The first-order valence-electron chi connectivity index (χ1n) is 8.32. The van der Waals surface area contributed by atoms with E-state index >= 15 is 0 Å². The van der Waals surface area contributed by atoms with E-state index < -0.39 is 7.12 Å². The molecule has 0 aromatic rings. The molecule has 22 heavy (non-hydrogen) atoms. The van der Waals surface area contributed by atoms with Crippen molar-refractivity contribution in [2.24, 2.45) is 11.7 Å². The number of ketones is 1. The van der Waals surface area contributed by atoms with Crippen molar-refractivity contribution in [3.05, 3.63) is 0 Å². The molecule has 1 saturated carbocycles. The Kier molecular flexibility index (Phi) is 6.41. The van der Waals surface area contributed by atoms with Crippen molar-refractivity contribution in [2.75, 3.05) is 0 Å². The van der Waals surface area contributed by atoms with Crippen molar-refractivity contribution in [3.63, 3.8) is 0 Å². The summed E-state index contributed by atoms with van der Waals surface area (Å²) in [4.78, 5) is 23.2. The summed E-state index contributed by atoms with van der Waals surface area (Å²) in [5.74, 6) is 0.0433. The average Bonchev–Trinajstić information content (AvgIpc) is 2.44. The molecule has 0 aromatic carbocycles. The van der Waals surface area contributed by atoms with Crippen LogP contribution in [-0.2, 0) is 14.2 Å². The molecule has 2 atom stereocenters. The highest BCUT2D eigenvalue weighted by molar-refractivity contribution is 6.45. The first-order chi connectivity index (χ1) is 10.4. The summed E-state index contributed by atoms with van der Waals surface area (Å²) in [7, 11) is -1.03. The van der Waals surface area contributed by atoms with Gasteiger partial charge in [0.05, 0.1) is 5.94 Å². The van der Waals surface area contributed by atoms with Gasteiger partial charge in [-0.3, -0.25) is 9.59 Å². The Morgan fingerprint density at radius 3 is 2.45 bits per heavy atom. The second-order valence-electron chi connectivity index (χ2n) is 6.79. The number of nitrogens with one attached hydrogen (secondary N) is 1. The van der Waals surface area contributed by atoms with Crippen LogP contribution in [0.1, 0.15) is 58.3 Å². The lowest BCUT2D eigenvalue weighted by molar-refractivity contribution is -0.123. The quantitative estimate of drug-likeness (QED) is 0.644. The second kappa shape index (κ2) is 8.08. The zero-order valence-corrected chi connectivity index (χ0v) is 13.3. The van der Waals surface area contributed by atoms with E-state index in [0.717, 1.165) is 25.7 Å². The predicted molar refractivity (Wildman–Crippen MR) is 83.9 cm³/mol. The number of hydrogen-bond donors (Lipinski definition) is 3. The lowest BCUT2D eigenvalue weighted by Crippen LogP contribution is -2.53. The molecule has 2 aliphatic rings. The van der Waals surface area contributed by atoms with Crippen molar-refractivity contribution >= 4 is 18.8 Å². The number of Topliss-reactive ketones (excluding diaryl/α,β-unsaturated/α-hetero) is 1.